The van der Waals surface area contributed by atoms with Crippen LogP contribution in [0.4, 0.5) is 0 Å². The lowest BCUT2D eigenvalue weighted by molar-refractivity contribution is -0.133. The van der Waals surface area contributed by atoms with Crippen molar-refractivity contribution in [2.24, 2.45) is 11.8 Å². The van der Waals surface area contributed by atoms with Crippen LogP contribution in [0.25, 0.3) is 0 Å². The minimum absolute atomic E-state index is 0.183. The summed E-state index contributed by atoms with van der Waals surface area (Å²) in [5.41, 5.74) is 1.07. The number of hydrogen-bond acceptors (Lipinski definition) is 3. The van der Waals surface area contributed by atoms with E-state index >= 15 is 0 Å². The van der Waals surface area contributed by atoms with Gasteiger partial charge in [-0.15, -0.1) is 0 Å². The largest absolute Gasteiger partial charge is 0.454 e. The number of carbonyl (C=O) groups excluding carboxylic acids is 2. The van der Waals surface area contributed by atoms with Crippen LogP contribution in [0.2, 0.25) is 0 Å². The van der Waals surface area contributed by atoms with Crippen LogP contribution in [0.3, 0.4) is 0 Å². The van der Waals surface area contributed by atoms with Crippen LogP contribution >= 0.6 is 0 Å². The summed E-state index contributed by atoms with van der Waals surface area (Å²) >= 11 is 0. The summed E-state index contributed by atoms with van der Waals surface area (Å²) in [6.45, 7) is 8.76. The molecule has 0 saturated heterocycles. The molecule has 1 N–H and O–H groups in total. The van der Waals surface area contributed by atoms with Crippen molar-refractivity contribution in [1.29, 1.82) is 0 Å². The van der Waals surface area contributed by atoms with Gasteiger partial charge >= 0.3 is 0 Å². The smallest absolute Gasteiger partial charge is 0.287 e. The second-order valence-electron chi connectivity index (χ2n) is 8.03. The van der Waals surface area contributed by atoms with Crippen LogP contribution < -0.4 is 5.32 Å². The van der Waals surface area contributed by atoms with Gasteiger partial charge in [0.15, 0.2) is 5.76 Å². The minimum Gasteiger partial charge on any atom is -0.454 e. The van der Waals surface area contributed by atoms with Crippen molar-refractivity contribution in [2.45, 2.75) is 53.1 Å². The van der Waals surface area contributed by atoms with E-state index in [0.29, 0.717) is 31.3 Å². The van der Waals surface area contributed by atoms with Gasteiger partial charge in [0.25, 0.3) is 5.91 Å². The first-order valence-electron chi connectivity index (χ1n) is 10.3. The maximum absolute atomic E-state index is 12.5. The molecular formula is C22H31N3O3. The summed E-state index contributed by atoms with van der Waals surface area (Å²) in [4.78, 5) is 26.6. The van der Waals surface area contributed by atoms with Gasteiger partial charge in [0.05, 0.1) is 13.1 Å². The Morgan fingerprint density at radius 3 is 2.75 bits per heavy atom. The Hall–Kier alpha value is -2.50. The topological polar surface area (TPSA) is 67.5 Å². The van der Waals surface area contributed by atoms with Gasteiger partial charge in [-0.1, -0.05) is 20.8 Å². The molecule has 2 amide bonds. The monoisotopic (exact) mass is 385 g/mol. The molecule has 0 bridgehead atoms. The molecule has 28 heavy (non-hydrogen) atoms. The molecule has 0 aliphatic heterocycles. The van der Waals surface area contributed by atoms with Crippen molar-refractivity contribution in [1.82, 2.24) is 14.8 Å². The minimum atomic E-state index is -0.183. The highest BCUT2D eigenvalue weighted by molar-refractivity contribution is 5.91. The Labute approximate surface area is 166 Å². The molecule has 1 fully saturated rings. The Balaban J connectivity index is 1.64. The SMILES string of the molecule is CCCN(Cc1cccn1Cc1ccc(C(=O)NCC(C)C)o1)C(=O)C1CC1. The average molecular weight is 386 g/mol. The van der Waals surface area contributed by atoms with Gasteiger partial charge in [-0.2, -0.15) is 0 Å². The first-order chi connectivity index (χ1) is 13.5. The van der Waals surface area contributed by atoms with Crippen LogP contribution in [-0.4, -0.2) is 34.4 Å². The van der Waals surface area contributed by atoms with Gasteiger partial charge < -0.3 is 19.2 Å². The predicted octanol–water partition coefficient (Wildman–Crippen LogP) is 3.66. The number of rotatable bonds is 10. The van der Waals surface area contributed by atoms with E-state index in [1.54, 1.807) is 6.07 Å². The molecule has 2 aromatic heterocycles. The van der Waals surface area contributed by atoms with Gasteiger partial charge in [-0.25, -0.2) is 0 Å². The summed E-state index contributed by atoms with van der Waals surface area (Å²) in [5, 5.41) is 2.87. The molecule has 0 unspecified atom stereocenters. The van der Waals surface area contributed by atoms with E-state index in [9.17, 15) is 9.59 Å². The molecule has 0 atom stereocenters. The Morgan fingerprint density at radius 1 is 1.29 bits per heavy atom. The van der Waals surface area contributed by atoms with Crippen molar-refractivity contribution in [3.05, 3.63) is 47.7 Å². The lowest BCUT2D eigenvalue weighted by Crippen LogP contribution is -2.33. The maximum Gasteiger partial charge on any atom is 0.287 e. The third-order valence-electron chi connectivity index (χ3n) is 4.89. The van der Waals surface area contributed by atoms with E-state index in [2.05, 4.69) is 30.7 Å². The number of aromatic nitrogens is 1. The highest BCUT2D eigenvalue weighted by Gasteiger charge is 2.33. The average Bonchev–Trinajstić information content (AvgIpc) is 3.27. The fraction of sp³-hybridized carbons (Fsp3) is 0.545. The van der Waals surface area contributed by atoms with Crippen LogP contribution in [0.15, 0.2) is 34.9 Å². The van der Waals surface area contributed by atoms with Crippen molar-refractivity contribution >= 4 is 11.8 Å². The number of amides is 2. The highest BCUT2D eigenvalue weighted by Crippen LogP contribution is 2.31. The summed E-state index contributed by atoms with van der Waals surface area (Å²) in [7, 11) is 0. The summed E-state index contributed by atoms with van der Waals surface area (Å²) < 4.78 is 7.82. The maximum atomic E-state index is 12.5. The highest BCUT2D eigenvalue weighted by atomic mass is 16.4. The normalized spacial score (nSPS) is 13.7. The van der Waals surface area contributed by atoms with Crippen LogP contribution in [0.5, 0.6) is 0 Å². The van der Waals surface area contributed by atoms with Crippen LogP contribution in [-0.2, 0) is 17.9 Å². The number of nitrogens with one attached hydrogen (secondary N) is 1. The molecule has 0 radical (unpaired) electrons. The van der Waals surface area contributed by atoms with E-state index in [0.717, 1.165) is 37.3 Å². The number of carbonyl (C=O) groups is 2. The fourth-order valence-electron chi connectivity index (χ4n) is 3.21. The second kappa shape index (κ2) is 9.13. The molecule has 2 heterocycles. The van der Waals surface area contributed by atoms with Gasteiger partial charge in [0.1, 0.15) is 5.76 Å². The molecule has 0 aromatic carbocycles. The van der Waals surface area contributed by atoms with Crippen molar-refractivity contribution in [3.63, 3.8) is 0 Å². The predicted molar refractivity (Wildman–Crippen MR) is 108 cm³/mol. The number of nitrogens with zero attached hydrogens (tertiary/aromatic N) is 2. The molecule has 1 saturated carbocycles. The lowest BCUT2D eigenvalue weighted by Gasteiger charge is -2.23. The number of hydrogen-bond donors (Lipinski definition) is 1. The molecule has 0 spiro atoms. The van der Waals surface area contributed by atoms with Crippen molar-refractivity contribution in [3.8, 4) is 0 Å². The molecule has 6 heteroatoms. The Morgan fingerprint density at radius 2 is 2.07 bits per heavy atom. The molecule has 6 nitrogen and oxygen atoms in total. The third kappa shape index (κ3) is 5.27. The molecule has 1 aliphatic rings. The quantitative estimate of drug-likeness (QED) is 0.679. The molecular weight excluding hydrogens is 354 g/mol. The molecule has 2 aromatic rings. The molecule has 3 rings (SSSR count). The van der Waals surface area contributed by atoms with Crippen LogP contribution in [0, 0.1) is 11.8 Å². The summed E-state index contributed by atoms with van der Waals surface area (Å²) in [6.07, 6.45) is 4.98. The number of furan rings is 1. The van der Waals surface area contributed by atoms with Gasteiger partial charge in [-0.3, -0.25) is 9.59 Å². The Kier molecular flexibility index (Phi) is 6.60. The zero-order chi connectivity index (χ0) is 20.1. The summed E-state index contributed by atoms with van der Waals surface area (Å²) in [5.74, 6) is 1.77. The third-order valence-corrected chi connectivity index (χ3v) is 4.89. The summed E-state index contributed by atoms with van der Waals surface area (Å²) in [6, 6.07) is 7.59. The standard InChI is InChI=1S/C22H31N3O3/c1-4-11-25(22(27)17-7-8-17)14-18-6-5-12-24(18)15-19-9-10-20(28-19)21(26)23-13-16(2)3/h5-6,9-10,12,16-17H,4,7-8,11,13-15H2,1-3H3,(H,23,26). The molecule has 152 valence electrons. The van der Waals surface area contributed by atoms with E-state index in [4.69, 9.17) is 4.42 Å². The van der Waals surface area contributed by atoms with Crippen molar-refractivity contribution in [2.75, 3.05) is 13.1 Å². The zero-order valence-electron chi connectivity index (χ0n) is 17.1. The first-order valence-corrected chi connectivity index (χ1v) is 10.3. The van der Waals surface area contributed by atoms with Crippen molar-refractivity contribution < 1.29 is 14.0 Å². The van der Waals surface area contributed by atoms with Gasteiger partial charge in [-0.05, 0) is 49.4 Å². The van der Waals surface area contributed by atoms with E-state index < -0.39 is 0 Å². The molecule has 1 aliphatic carbocycles. The van der Waals surface area contributed by atoms with Crippen LogP contribution in [0.1, 0.15) is 62.0 Å². The van der Waals surface area contributed by atoms with E-state index in [1.165, 1.54) is 0 Å². The van der Waals surface area contributed by atoms with E-state index in [-0.39, 0.29) is 17.7 Å². The second-order valence-corrected chi connectivity index (χ2v) is 8.03. The lowest BCUT2D eigenvalue weighted by atomic mass is 10.2. The first kappa shape index (κ1) is 20.2. The van der Waals surface area contributed by atoms with E-state index in [1.807, 2.05) is 29.3 Å². The Bertz CT molecular complexity index is 802. The fourth-order valence-corrected chi connectivity index (χ4v) is 3.21. The van der Waals surface area contributed by atoms with Gasteiger partial charge in [0, 0.05) is 30.9 Å². The zero-order valence-corrected chi connectivity index (χ0v) is 17.1. The van der Waals surface area contributed by atoms with Gasteiger partial charge in [0.2, 0.25) is 5.91 Å².